The SMILES string of the molecule is Cc1ccc(Oc2ncccc2C(N)=S)cc1. The Bertz CT molecular complexity index is 537. The molecule has 0 radical (unpaired) electrons. The van der Waals surface area contributed by atoms with E-state index in [9.17, 15) is 0 Å². The Morgan fingerprint density at radius 3 is 2.59 bits per heavy atom. The number of aryl methyl sites for hydroxylation is 1. The van der Waals surface area contributed by atoms with Crippen LogP contribution in [0.2, 0.25) is 0 Å². The van der Waals surface area contributed by atoms with Crippen LogP contribution < -0.4 is 10.5 Å². The summed E-state index contributed by atoms with van der Waals surface area (Å²) in [5.74, 6) is 1.15. The van der Waals surface area contributed by atoms with Gasteiger partial charge in [-0.15, -0.1) is 0 Å². The minimum absolute atomic E-state index is 0.278. The first-order chi connectivity index (χ1) is 8.16. The zero-order valence-corrected chi connectivity index (χ0v) is 10.2. The van der Waals surface area contributed by atoms with Crippen molar-refractivity contribution in [3.05, 3.63) is 53.7 Å². The number of ether oxygens (including phenoxy) is 1. The third-order valence-electron chi connectivity index (χ3n) is 2.27. The first kappa shape index (κ1) is 11.5. The monoisotopic (exact) mass is 244 g/mol. The van der Waals surface area contributed by atoms with Crippen LogP contribution in [-0.2, 0) is 0 Å². The van der Waals surface area contributed by atoms with E-state index in [1.54, 1.807) is 18.3 Å². The van der Waals surface area contributed by atoms with Crippen molar-refractivity contribution in [2.45, 2.75) is 6.92 Å². The van der Waals surface area contributed by atoms with Gasteiger partial charge in [-0.2, -0.15) is 0 Å². The highest BCUT2D eigenvalue weighted by Crippen LogP contribution is 2.22. The summed E-state index contributed by atoms with van der Waals surface area (Å²) in [6, 6.07) is 11.3. The maximum absolute atomic E-state index is 5.65. The van der Waals surface area contributed by atoms with Crippen LogP contribution in [0.3, 0.4) is 0 Å². The van der Waals surface area contributed by atoms with E-state index in [0.29, 0.717) is 17.2 Å². The van der Waals surface area contributed by atoms with Gasteiger partial charge in [0.25, 0.3) is 0 Å². The smallest absolute Gasteiger partial charge is 0.229 e. The van der Waals surface area contributed by atoms with Gasteiger partial charge in [-0.1, -0.05) is 29.9 Å². The molecular weight excluding hydrogens is 232 g/mol. The van der Waals surface area contributed by atoms with E-state index in [4.69, 9.17) is 22.7 Å². The number of hydrogen-bond donors (Lipinski definition) is 1. The van der Waals surface area contributed by atoms with Crippen molar-refractivity contribution in [3.8, 4) is 11.6 Å². The topological polar surface area (TPSA) is 48.1 Å². The summed E-state index contributed by atoms with van der Waals surface area (Å²) in [5, 5.41) is 0. The van der Waals surface area contributed by atoms with Gasteiger partial charge in [0.2, 0.25) is 5.88 Å². The van der Waals surface area contributed by atoms with E-state index in [-0.39, 0.29) is 4.99 Å². The van der Waals surface area contributed by atoms with Crippen molar-refractivity contribution in [2.75, 3.05) is 0 Å². The van der Waals surface area contributed by atoms with Gasteiger partial charge >= 0.3 is 0 Å². The number of nitrogens with two attached hydrogens (primary N) is 1. The number of benzene rings is 1. The van der Waals surface area contributed by atoms with Crippen LogP contribution in [0.25, 0.3) is 0 Å². The molecule has 0 amide bonds. The highest BCUT2D eigenvalue weighted by molar-refractivity contribution is 7.80. The second kappa shape index (κ2) is 4.93. The Kier molecular flexibility index (Phi) is 3.35. The van der Waals surface area contributed by atoms with Crippen LogP contribution in [0.1, 0.15) is 11.1 Å². The zero-order valence-electron chi connectivity index (χ0n) is 9.38. The molecule has 0 aliphatic rings. The summed E-state index contributed by atoms with van der Waals surface area (Å²) in [6.07, 6.45) is 1.64. The normalized spacial score (nSPS) is 9.94. The maximum Gasteiger partial charge on any atom is 0.229 e. The van der Waals surface area contributed by atoms with Crippen molar-refractivity contribution >= 4 is 17.2 Å². The molecule has 0 atom stereocenters. The lowest BCUT2D eigenvalue weighted by atomic mass is 10.2. The van der Waals surface area contributed by atoms with Crippen LogP contribution in [0.15, 0.2) is 42.6 Å². The lowest BCUT2D eigenvalue weighted by molar-refractivity contribution is 0.462. The van der Waals surface area contributed by atoms with Gasteiger partial charge < -0.3 is 10.5 Å². The third kappa shape index (κ3) is 2.79. The number of rotatable bonds is 3. The molecule has 0 spiro atoms. The zero-order chi connectivity index (χ0) is 12.3. The Morgan fingerprint density at radius 2 is 1.94 bits per heavy atom. The Morgan fingerprint density at radius 1 is 1.24 bits per heavy atom. The summed E-state index contributed by atoms with van der Waals surface area (Å²) in [7, 11) is 0. The van der Waals surface area contributed by atoms with E-state index >= 15 is 0 Å². The summed E-state index contributed by atoms with van der Waals surface area (Å²) in [5.41, 5.74) is 7.42. The number of aromatic nitrogens is 1. The van der Waals surface area contributed by atoms with E-state index < -0.39 is 0 Å². The van der Waals surface area contributed by atoms with Gasteiger partial charge in [0.05, 0.1) is 5.56 Å². The average Bonchev–Trinajstić information content (AvgIpc) is 2.32. The quantitative estimate of drug-likeness (QED) is 0.843. The molecule has 0 saturated carbocycles. The van der Waals surface area contributed by atoms with Crippen LogP contribution in [-0.4, -0.2) is 9.97 Å². The molecule has 86 valence electrons. The van der Waals surface area contributed by atoms with E-state index in [1.165, 1.54) is 5.56 Å². The number of thiocarbonyl (C=S) groups is 1. The second-order valence-electron chi connectivity index (χ2n) is 3.64. The van der Waals surface area contributed by atoms with E-state index in [1.807, 2.05) is 31.2 Å². The molecule has 1 aromatic carbocycles. The van der Waals surface area contributed by atoms with Crippen molar-refractivity contribution in [1.29, 1.82) is 0 Å². The maximum atomic E-state index is 5.65. The fourth-order valence-corrected chi connectivity index (χ4v) is 1.53. The third-order valence-corrected chi connectivity index (χ3v) is 2.49. The van der Waals surface area contributed by atoms with Crippen molar-refractivity contribution < 1.29 is 4.74 Å². The molecule has 3 nitrogen and oxygen atoms in total. The van der Waals surface area contributed by atoms with Crippen molar-refractivity contribution in [2.24, 2.45) is 5.73 Å². The summed E-state index contributed by atoms with van der Waals surface area (Å²) >= 11 is 4.94. The minimum Gasteiger partial charge on any atom is -0.438 e. The van der Waals surface area contributed by atoms with E-state index in [0.717, 1.165) is 0 Å². The predicted molar refractivity (Wildman–Crippen MR) is 71.4 cm³/mol. The standard InChI is InChI=1S/C13H12N2OS/c1-9-4-6-10(7-5-9)16-13-11(12(14)17)3-2-8-15-13/h2-8H,1H3,(H2,14,17). The molecule has 4 heteroatoms. The molecule has 1 aromatic heterocycles. The summed E-state index contributed by atoms with van der Waals surface area (Å²) in [4.78, 5) is 4.41. The number of nitrogens with zero attached hydrogens (tertiary/aromatic N) is 1. The number of pyridine rings is 1. The minimum atomic E-state index is 0.278. The Hall–Kier alpha value is -1.94. The molecule has 2 aromatic rings. The van der Waals surface area contributed by atoms with Crippen LogP contribution in [0, 0.1) is 6.92 Å². The van der Waals surface area contributed by atoms with Crippen molar-refractivity contribution in [3.63, 3.8) is 0 Å². The van der Waals surface area contributed by atoms with Crippen LogP contribution in [0.4, 0.5) is 0 Å². The summed E-state index contributed by atoms with van der Waals surface area (Å²) in [6.45, 7) is 2.02. The molecule has 2 N–H and O–H groups in total. The molecule has 1 heterocycles. The molecule has 0 saturated heterocycles. The molecule has 17 heavy (non-hydrogen) atoms. The summed E-state index contributed by atoms with van der Waals surface area (Å²) < 4.78 is 5.65. The van der Waals surface area contributed by atoms with Gasteiger partial charge in [-0.05, 0) is 31.2 Å². The first-order valence-corrected chi connectivity index (χ1v) is 5.57. The molecule has 0 aliphatic heterocycles. The second-order valence-corrected chi connectivity index (χ2v) is 4.08. The van der Waals surface area contributed by atoms with Gasteiger partial charge in [0, 0.05) is 6.20 Å². The van der Waals surface area contributed by atoms with Gasteiger partial charge in [-0.25, -0.2) is 4.98 Å². The fraction of sp³-hybridized carbons (Fsp3) is 0.0769. The van der Waals surface area contributed by atoms with E-state index in [2.05, 4.69) is 4.98 Å². The molecular formula is C13H12N2OS. The highest BCUT2D eigenvalue weighted by Gasteiger charge is 2.07. The average molecular weight is 244 g/mol. The van der Waals surface area contributed by atoms with Gasteiger partial charge in [0.1, 0.15) is 10.7 Å². The highest BCUT2D eigenvalue weighted by atomic mass is 32.1. The molecule has 0 unspecified atom stereocenters. The predicted octanol–water partition coefficient (Wildman–Crippen LogP) is 2.82. The Labute approximate surface area is 105 Å². The molecule has 0 fully saturated rings. The van der Waals surface area contributed by atoms with Gasteiger partial charge in [-0.3, -0.25) is 0 Å². The largest absolute Gasteiger partial charge is 0.438 e. The van der Waals surface area contributed by atoms with Crippen LogP contribution >= 0.6 is 12.2 Å². The fourth-order valence-electron chi connectivity index (χ4n) is 1.38. The van der Waals surface area contributed by atoms with Crippen molar-refractivity contribution in [1.82, 2.24) is 4.98 Å². The van der Waals surface area contributed by atoms with Gasteiger partial charge in [0.15, 0.2) is 0 Å². The molecule has 2 rings (SSSR count). The van der Waals surface area contributed by atoms with Crippen LogP contribution in [0.5, 0.6) is 11.6 Å². The Balaban J connectivity index is 2.30. The molecule has 0 aliphatic carbocycles. The molecule has 0 bridgehead atoms. The lowest BCUT2D eigenvalue weighted by Crippen LogP contribution is -2.11. The lowest BCUT2D eigenvalue weighted by Gasteiger charge is -2.08. The number of hydrogen-bond acceptors (Lipinski definition) is 3. The first-order valence-electron chi connectivity index (χ1n) is 5.16.